The number of imide groups is 1. The van der Waals surface area contributed by atoms with Gasteiger partial charge in [0.1, 0.15) is 5.69 Å². The van der Waals surface area contributed by atoms with Gasteiger partial charge in [-0.3, -0.25) is 14.9 Å². The number of aromatic nitrogens is 1. The number of nitrogens with one attached hydrogen (secondary N) is 2. The van der Waals surface area contributed by atoms with Crippen LogP contribution in [0.1, 0.15) is 64.3 Å². The fraction of sp³-hybridized carbons (Fsp3) is 0.409. The summed E-state index contributed by atoms with van der Waals surface area (Å²) < 4.78 is 47.2. The smallest absolute Gasteiger partial charge is 0.277 e. The van der Waals surface area contributed by atoms with Crippen molar-refractivity contribution in [2.45, 2.75) is 38.6 Å². The molecule has 0 radical (unpaired) electrons. The molecular formula is C22H24FN3O5S. The van der Waals surface area contributed by atoms with Crippen LogP contribution in [-0.2, 0) is 16.4 Å². The van der Waals surface area contributed by atoms with Crippen LogP contribution in [0.2, 0.25) is 0 Å². The SMILES string of the molecule is C[C@@H](NS(=O)(=O)CCCc1ccc2c(n1)C(=O)NC2=O)c1ccc(F)c(OCC2CC2)c1. The van der Waals surface area contributed by atoms with Crippen LogP contribution in [0.4, 0.5) is 4.39 Å². The van der Waals surface area contributed by atoms with Crippen LogP contribution < -0.4 is 14.8 Å². The lowest BCUT2D eigenvalue weighted by Gasteiger charge is -2.16. The molecule has 0 spiro atoms. The average molecular weight is 462 g/mol. The Hall–Kier alpha value is -2.85. The molecular weight excluding hydrogens is 437 g/mol. The molecule has 2 N–H and O–H groups in total. The number of amides is 2. The predicted octanol–water partition coefficient (Wildman–Crippen LogP) is 2.51. The monoisotopic (exact) mass is 461 g/mol. The van der Waals surface area contributed by atoms with E-state index in [0.717, 1.165) is 12.8 Å². The van der Waals surface area contributed by atoms with E-state index in [1.54, 1.807) is 13.0 Å². The summed E-state index contributed by atoms with van der Waals surface area (Å²) in [6.07, 6.45) is 2.79. The molecule has 0 unspecified atom stereocenters. The first-order valence-corrected chi connectivity index (χ1v) is 12.1. The van der Waals surface area contributed by atoms with Crippen molar-refractivity contribution >= 4 is 21.8 Å². The molecule has 1 fully saturated rings. The summed E-state index contributed by atoms with van der Waals surface area (Å²) in [6.45, 7) is 2.15. The molecule has 2 aromatic rings. The van der Waals surface area contributed by atoms with Gasteiger partial charge >= 0.3 is 0 Å². The third-order valence-electron chi connectivity index (χ3n) is 5.47. The van der Waals surface area contributed by atoms with Crippen LogP contribution in [0.25, 0.3) is 0 Å². The Morgan fingerprint density at radius 1 is 1.22 bits per heavy atom. The highest BCUT2D eigenvalue weighted by Crippen LogP contribution is 2.31. The van der Waals surface area contributed by atoms with E-state index in [9.17, 15) is 22.4 Å². The van der Waals surface area contributed by atoms with Gasteiger partial charge in [-0.15, -0.1) is 0 Å². The van der Waals surface area contributed by atoms with Crippen molar-refractivity contribution in [3.05, 3.63) is 58.7 Å². The minimum atomic E-state index is -3.61. The molecule has 2 amide bonds. The molecule has 1 aliphatic heterocycles. The van der Waals surface area contributed by atoms with Crippen molar-refractivity contribution in [3.63, 3.8) is 0 Å². The summed E-state index contributed by atoms with van der Waals surface area (Å²) in [5, 5.41) is 2.17. The molecule has 4 rings (SSSR count). The zero-order chi connectivity index (χ0) is 22.9. The molecule has 2 aliphatic rings. The lowest BCUT2D eigenvalue weighted by Crippen LogP contribution is -2.29. The molecule has 1 saturated carbocycles. The van der Waals surface area contributed by atoms with Gasteiger partial charge in [0, 0.05) is 11.7 Å². The van der Waals surface area contributed by atoms with Crippen molar-refractivity contribution in [1.29, 1.82) is 0 Å². The summed E-state index contributed by atoms with van der Waals surface area (Å²) in [4.78, 5) is 27.4. The van der Waals surface area contributed by atoms with Crippen LogP contribution in [0, 0.1) is 11.7 Å². The van der Waals surface area contributed by atoms with Gasteiger partial charge in [0.15, 0.2) is 11.6 Å². The van der Waals surface area contributed by atoms with Crippen molar-refractivity contribution in [1.82, 2.24) is 15.0 Å². The zero-order valence-electron chi connectivity index (χ0n) is 17.6. The Balaban J connectivity index is 1.32. The van der Waals surface area contributed by atoms with Gasteiger partial charge < -0.3 is 4.74 Å². The van der Waals surface area contributed by atoms with Crippen LogP contribution in [0.15, 0.2) is 30.3 Å². The van der Waals surface area contributed by atoms with Gasteiger partial charge in [0.05, 0.1) is 17.9 Å². The lowest BCUT2D eigenvalue weighted by molar-refractivity contribution is 0.0878. The van der Waals surface area contributed by atoms with E-state index in [0.29, 0.717) is 30.2 Å². The van der Waals surface area contributed by atoms with Crippen LogP contribution in [-0.4, -0.2) is 37.6 Å². The van der Waals surface area contributed by atoms with Gasteiger partial charge in [-0.1, -0.05) is 6.07 Å². The Kier molecular flexibility index (Phi) is 6.25. The number of hydrogen-bond donors (Lipinski definition) is 2. The number of ether oxygens (including phenoxy) is 1. The largest absolute Gasteiger partial charge is 0.490 e. The summed E-state index contributed by atoms with van der Waals surface area (Å²) in [5.41, 5.74) is 1.43. The van der Waals surface area contributed by atoms with E-state index in [4.69, 9.17) is 4.74 Å². The number of fused-ring (bicyclic) bond motifs is 1. The standard InChI is InChI=1S/C22H24FN3O5S/c1-13(15-6-9-18(23)19(11-15)31-12-14-4-5-14)26-32(29,30)10-2-3-16-7-8-17-20(24-16)22(28)25-21(17)27/h6-9,11,13-14,26H,2-5,10,12H2,1H3,(H,25,27,28)/t13-/m1/s1. The third-order valence-corrected chi connectivity index (χ3v) is 7.01. The molecule has 0 bridgehead atoms. The fourth-order valence-corrected chi connectivity index (χ4v) is 4.77. The second-order valence-electron chi connectivity index (χ2n) is 8.19. The Bertz CT molecular complexity index is 1160. The predicted molar refractivity (Wildman–Crippen MR) is 114 cm³/mol. The van der Waals surface area contributed by atoms with E-state index in [1.165, 1.54) is 24.3 Å². The maximum absolute atomic E-state index is 14.0. The second-order valence-corrected chi connectivity index (χ2v) is 10.1. The van der Waals surface area contributed by atoms with E-state index in [-0.39, 0.29) is 29.2 Å². The summed E-state index contributed by atoms with van der Waals surface area (Å²) in [6, 6.07) is 6.92. The van der Waals surface area contributed by atoms with Crippen LogP contribution in [0.3, 0.4) is 0 Å². The quantitative estimate of drug-likeness (QED) is 0.526. The molecule has 1 aliphatic carbocycles. The molecule has 0 saturated heterocycles. The minimum Gasteiger partial charge on any atom is -0.490 e. The minimum absolute atomic E-state index is 0.0677. The van der Waals surface area contributed by atoms with Crippen molar-refractivity contribution in [2.75, 3.05) is 12.4 Å². The maximum atomic E-state index is 14.0. The third kappa shape index (κ3) is 5.31. The van der Waals surface area contributed by atoms with Crippen molar-refractivity contribution in [2.24, 2.45) is 5.92 Å². The first-order chi connectivity index (χ1) is 15.2. The highest BCUT2D eigenvalue weighted by atomic mass is 32.2. The van der Waals surface area contributed by atoms with Gasteiger partial charge in [-0.2, -0.15) is 0 Å². The number of aryl methyl sites for hydroxylation is 1. The molecule has 1 atom stereocenters. The van der Waals surface area contributed by atoms with Gasteiger partial charge in [0.25, 0.3) is 11.8 Å². The number of pyridine rings is 1. The van der Waals surface area contributed by atoms with E-state index < -0.39 is 33.7 Å². The number of benzene rings is 1. The molecule has 170 valence electrons. The normalized spacial score (nSPS) is 16.6. The zero-order valence-corrected chi connectivity index (χ0v) is 18.4. The van der Waals surface area contributed by atoms with E-state index in [1.807, 2.05) is 0 Å². The number of sulfonamides is 1. The Morgan fingerprint density at radius 3 is 2.75 bits per heavy atom. The summed E-state index contributed by atoms with van der Waals surface area (Å²) in [7, 11) is -3.61. The van der Waals surface area contributed by atoms with E-state index in [2.05, 4.69) is 15.0 Å². The van der Waals surface area contributed by atoms with Crippen molar-refractivity contribution in [3.8, 4) is 5.75 Å². The molecule has 2 heterocycles. The lowest BCUT2D eigenvalue weighted by atomic mass is 10.1. The molecule has 1 aromatic heterocycles. The van der Waals surface area contributed by atoms with Crippen LogP contribution >= 0.6 is 0 Å². The maximum Gasteiger partial charge on any atom is 0.277 e. The number of halogens is 1. The topological polar surface area (TPSA) is 114 Å². The molecule has 32 heavy (non-hydrogen) atoms. The number of rotatable bonds is 10. The number of nitrogens with zero attached hydrogens (tertiary/aromatic N) is 1. The van der Waals surface area contributed by atoms with E-state index >= 15 is 0 Å². The second kappa shape index (κ2) is 8.95. The first kappa shape index (κ1) is 22.3. The number of carbonyl (C=O) groups is 2. The van der Waals surface area contributed by atoms with Gasteiger partial charge in [0.2, 0.25) is 10.0 Å². The summed E-state index contributed by atoms with van der Waals surface area (Å²) >= 11 is 0. The van der Waals surface area contributed by atoms with Gasteiger partial charge in [-0.25, -0.2) is 22.5 Å². The molecule has 8 nitrogen and oxygen atoms in total. The Morgan fingerprint density at radius 2 is 2.00 bits per heavy atom. The van der Waals surface area contributed by atoms with Crippen molar-refractivity contribution < 1.29 is 27.1 Å². The Labute approximate surface area is 185 Å². The number of hydrogen-bond acceptors (Lipinski definition) is 6. The average Bonchev–Trinajstić information content (AvgIpc) is 3.52. The summed E-state index contributed by atoms with van der Waals surface area (Å²) in [5.74, 6) is -1.04. The highest BCUT2D eigenvalue weighted by molar-refractivity contribution is 7.89. The first-order valence-electron chi connectivity index (χ1n) is 10.5. The molecule has 1 aromatic carbocycles. The van der Waals surface area contributed by atoms with Gasteiger partial charge in [-0.05, 0) is 68.4 Å². The number of carbonyl (C=O) groups excluding carboxylic acids is 2. The van der Waals surface area contributed by atoms with Crippen LogP contribution in [0.5, 0.6) is 5.75 Å². The molecule has 10 heteroatoms. The fourth-order valence-electron chi connectivity index (χ4n) is 3.46. The highest BCUT2D eigenvalue weighted by Gasteiger charge is 2.28.